The summed E-state index contributed by atoms with van der Waals surface area (Å²) in [6, 6.07) is 5.91. The number of hydrogen-bond acceptors (Lipinski definition) is 3. The number of hydrogen-bond donors (Lipinski definition) is 2. The highest BCUT2D eigenvalue weighted by atomic mass is 16.5. The molecule has 1 unspecified atom stereocenters. The van der Waals surface area contributed by atoms with Gasteiger partial charge in [0.1, 0.15) is 11.8 Å². The van der Waals surface area contributed by atoms with Gasteiger partial charge in [-0.3, -0.25) is 4.79 Å². The van der Waals surface area contributed by atoms with Gasteiger partial charge in [0, 0.05) is 6.42 Å². The minimum Gasteiger partial charge on any atom is -0.497 e. The molecule has 1 aromatic carbocycles. The van der Waals surface area contributed by atoms with E-state index in [2.05, 4.69) is 11.2 Å². The molecule has 1 aromatic rings. The summed E-state index contributed by atoms with van der Waals surface area (Å²) in [7, 11) is 1.55. The summed E-state index contributed by atoms with van der Waals surface area (Å²) in [6.07, 6.45) is 5.11. The first-order valence-corrected chi connectivity index (χ1v) is 5.65. The van der Waals surface area contributed by atoms with Crippen molar-refractivity contribution in [2.24, 2.45) is 0 Å². The zero-order chi connectivity index (χ0) is 14.3. The average molecular weight is 261 g/mol. The van der Waals surface area contributed by atoms with E-state index in [1.54, 1.807) is 31.4 Å². The van der Waals surface area contributed by atoms with Crippen LogP contribution < -0.4 is 10.1 Å². The number of carbonyl (C=O) groups is 2. The Kier molecular flexibility index (Phi) is 5.42. The van der Waals surface area contributed by atoms with Gasteiger partial charge in [-0.2, -0.15) is 0 Å². The van der Waals surface area contributed by atoms with Gasteiger partial charge in [0.25, 0.3) is 0 Å². The minimum atomic E-state index is -1.14. The Balaban J connectivity index is 2.58. The topological polar surface area (TPSA) is 75.6 Å². The van der Waals surface area contributed by atoms with Crippen LogP contribution in [-0.4, -0.2) is 30.1 Å². The first-order chi connectivity index (χ1) is 9.06. The molecular formula is C14H15NO4. The predicted molar refractivity (Wildman–Crippen MR) is 69.7 cm³/mol. The van der Waals surface area contributed by atoms with E-state index < -0.39 is 12.0 Å². The number of carboxylic acids is 1. The zero-order valence-corrected chi connectivity index (χ0v) is 10.6. The van der Waals surface area contributed by atoms with Crippen LogP contribution in [0.4, 0.5) is 0 Å². The molecule has 0 aromatic heterocycles. The second-order valence-electron chi connectivity index (χ2n) is 3.89. The zero-order valence-electron chi connectivity index (χ0n) is 10.6. The molecule has 1 atom stereocenters. The molecule has 5 nitrogen and oxygen atoms in total. The number of ether oxygens (including phenoxy) is 1. The van der Waals surface area contributed by atoms with Crippen molar-refractivity contribution in [1.29, 1.82) is 0 Å². The van der Waals surface area contributed by atoms with Gasteiger partial charge < -0.3 is 15.2 Å². The number of rotatable bonds is 6. The molecule has 0 saturated carbocycles. The van der Waals surface area contributed by atoms with E-state index in [9.17, 15) is 9.59 Å². The van der Waals surface area contributed by atoms with Crippen LogP contribution in [0.15, 0.2) is 24.3 Å². The van der Waals surface area contributed by atoms with Crippen LogP contribution in [0.5, 0.6) is 5.75 Å². The summed E-state index contributed by atoms with van der Waals surface area (Å²) in [5, 5.41) is 11.2. The van der Waals surface area contributed by atoms with Crippen molar-refractivity contribution in [3.05, 3.63) is 29.8 Å². The lowest BCUT2D eigenvalue weighted by Gasteiger charge is -2.11. The molecule has 19 heavy (non-hydrogen) atoms. The highest BCUT2D eigenvalue weighted by molar-refractivity contribution is 5.85. The number of amides is 1. The molecule has 0 fully saturated rings. The monoisotopic (exact) mass is 261 g/mol. The normalized spacial score (nSPS) is 11.2. The van der Waals surface area contributed by atoms with Gasteiger partial charge in [-0.1, -0.05) is 12.1 Å². The van der Waals surface area contributed by atoms with E-state index in [4.69, 9.17) is 16.3 Å². The number of carboxylic acid groups (broad SMARTS) is 1. The number of nitrogens with one attached hydrogen (secondary N) is 1. The fourth-order valence-corrected chi connectivity index (χ4v) is 1.49. The van der Waals surface area contributed by atoms with Crippen LogP contribution in [0.2, 0.25) is 0 Å². The fraction of sp³-hybridized carbons (Fsp3) is 0.286. The summed E-state index contributed by atoms with van der Waals surface area (Å²) in [4.78, 5) is 22.5. The summed E-state index contributed by atoms with van der Waals surface area (Å²) < 4.78 is 5.00. The number of carbonyl (C=O) groups excluding carboxylic acids is 1. The lowest BCUT2D eigenvalue weighted by molar-refractivity contribution is -0.141. The van der Waals surface area contributed by atoms with Crippen LogP contribution in [0.1, 0.15) is 12.0 Å². The Morgan fingerprint density at radius 2 is 2.05 bits per heavy atom. The SMILES string of the molecule is C#CCC(NC(=O)Cc1ccc(OC)cc1)C(=O)O. The van der Waals surface area contributed by atoms with E-state index in [-0.39, 0.29) is 18.7 Å². The predicted octanol–water partition coefficient (Wildman–Crippen LogP) is 0.830. The van der Waals surface area contributed by atoms with Crippen LogP contribution in [0.3, 0.4) is 0 Å². The lowest BCUT2D eigenvalue weighted by atomic mass is 10.1. The van der Waals surface area contributed by atoms with Crippen molar-refractivity contribution >= 4 is 11.9 Å². The van der Waals surface area contributed by atoms with Gasteiger partial charge in [-0.15, -0.1) is 12.3 Å². The molecule has 0 radical (unpaired) electrons. The molecule has 100 valence electrons. The van der Waals surface area contributed by atoms with Gasteiger partial charge in [-0.05, 0) is 17.7 Å². The summed E-state index contributed by atoms with van der Waals surface area (Å²) in [5.41, 5.74) is 0.767. The minimum absolute atomic E-state index is 0.0380. The Hall–Kier alpha value is -2.48. The van der Waals surface area contributed by atoms with Gasteiger partial charge >= 0.3 is 5.97 Å². The molecule has 0 saturated heterocycles. The molecule has 0 bridgehead atoms. The second-order valence-corrected chi connectivity index (χ2v) is 3.89. The molecule has 1 amide bonds. The Morgan fingerprint density at radius 1 is 1.42 bits per heavy atom. The highest BCUT2D eigenvalue weighted by Crippen LogP contribution is 2.11. The van der Waals surface area contributed by atoms with Crippen LogP contribution in [0.25, 0.3) is 0 Å². The van der Waals surface area contributed by atoms with E-state index in [1.165, 1.54) is 0 Å². The fourth-order valence-electron chi connectivity index (χ4n) is 1.49. The number of methoxy groups -OCH3 is 1. The smallest absolute Gasteiger partial charge is 0.327 e. The van der Waals surface area contributed by atoms with E-state index in [0.29, 0.717) is 5.75 Å². The van der Waals surface area contributed by atoms with E-state index >= 15 is 0 Å². The maximum Gasteiger partial charge on any atom is 0.327 e. The van der Waals surface area contributed by atoms with Crippen molar-refractivity contribution < 1.29 is 19.4 Å². The molecule has 0 aliphatic heterocycles. The molecule has 2 N–H and O–H groups in total. The molecule has 5 heteroatoms. The Bertz CT molecular complexity index is 487. The molecule has 0 aliphatic rings. The standard InChI is InChI=1S/C14H15NO4/c1-3-4-12(14(17)18)15-13(16)9-10-5-7-11(19-2)8-6-10/h1,5-8,12H,4,9H2,2H3,(H,15,16)(H,17,18). The van der Waals surface area contributed by atoms with Gasteiger partial charge in [0.05, 0.1) is 13.5 Å². The van der Waals surface area contributed by atoms with E-state index in [1.807, 2.05) is 0 Å². The first-order valence-electron chi connectivity index (χ1n) is 5.65. The maximum absolute atomic E-state index is 11.7. The largest absolute Gasteiger partial charge is 0.497 e. The summed E-state index contributed by atoms with van der Waals surface area (Å²) >= 11 is 0. The maximum atomic E-state index is 11.7. The molecule has 0 heterocycles. The Labute approximate surface area is 111 Å². The van der Waals surface area contributed by atoms with Crippen molar-refractivity contribution in [1.82, 2.24) is 5.32 Å². The number of benzene rings is 1. The van der Waals surface area contributed by atoms with Crippen LogP contribution in [-0.2, 0) is 16.0 Å². The molecule has 1 rings (SSSR count). The molecular weight excluding hydrogens is 246 g/mol. The number of terminal acetylenes is 1. The van der Waals surface area contributed by atoms with Crippen molar-refractivity contribution in [2.75, 3.05) is 7.11 Å². The average Bonchev–Trinajstić information content (AvgIpc) is 2.39. The highest BCUT2D eigenvalue weighted by Gasteiger charge is 2.18. The molecule has 0 aliphatic carbocycles. The van der Waals surface area contributed by atoms with E-state index in [0.717, 1.165) is 5.56 Å². The third-order valence-electron chi connectivity index (χ3n) is 2.48. The lowest BCUT2D eigenvalue weighted by Crippen LogP contribution is -2.41. The summed E-state index contributed by atoms with van der Waals surface area (Å²) in [5.74, 6) is 1.40. The third kappa shape index (κ3) is 4.72. The van der Waals surface area contributed by atoms with Crippen molar-refractivity contribution in [2.45, 2.75) is 18.9 Å². The quantitative estimate of drug-likeness (QED) is 0.744. The van der Waals surface area contributed by atoms with Gasteiger partial charge in [0.2, 0.25) is 5.91 Å². The van der Waals surface area contributed by atoms with Gasteiger partial charge in [0.15, 0.2) is 0 Å². The Morgan fingerprint density at radius 3 is 2.53 bits per heavy atom. The van der Waals surface area contributed by atoms with Crippen molar-refractivity contribution in [3.8, 4) is 18.1 Å². The van der Waals surface area contributed by atoms with Gasteiger partial charge in [-0.25, -0.2) is 4.79 Å². The summed E-state index contributed by atoms with van der Waals surface area (Å²) in [6.45, 7) is 0. The van der Waals surface area contributed by atoms with Crippen LogP contribution in [0, 0.1) is 12.3 Å². The third-order valence-corrected chi connectivity index (χ3v) is 2.48. The molecule has 0 spiro atoms. The first kappa shape index (κ1) is 14.6. The second kappa shape index (κ2) is 7.07. The number of aliphatic carboxylic acids is 1. The van der Waals surface area contributed by atoms with Crippen LogP contribution >= 0.6 is 0 Å². The van der Waals surface area contributed by atoms with Crippen molar-refractivity contribution in [3.63, 3.8) is 0 Å².